The minimum atomic E-state index is -0.401. The van der Waals surface area contributed by atoms with Crippen LogP contribution in [0.1, 0.15) is 24.4 Å². The third kappa shape index (κ3) is 2.96. The Hall–Kier alpha value is -0.580. The van der Waals surface area contributed by atoms with Crippen molar-refractivity contribution in [1.82, 2.24) is 4.90 Å². The monoisotopic (exact) mass is 301 g/mol. The van der Waals surface area contributed by atoms with E-state index in [9.17, 15) is 9.18 Å². The number of carbonyl (C=O) groups excluding carboxylic acids is 1. The standard InChI is InChI=1S/C14H16FNOS.ClH/c15-12-4-2-1-3-11(12)13(14(17)9-5-6-9)16-7-10(18)8-16;/h1-4,9-10,13,18H,5-8H2;1H. The number of halogens is 2. The fourth-order valence-electron chi connectivity index (χ4n) is 2.52. The molecule has 1 heterocycles. The van der Waals surface area contributed by atoms with Gasteiger partial charge < -0.3 is 0 Å². The summed E-state index contributed by atoms with van der Waals surface area (Å²) in [6, 6.07) is 6.22. The van der Waals surface area contributed by atoms with Gasteiger partial charge in [0.05, 0.1) is 6.04 Å². The lowest BCUT2D eigenvalue weighted by molar-refractivity contribution is -0.127. The Bertz CT molecular complexity index is 474. The zero-order chi connectivity index (χ0) is 12.7. The van der Waals surface area contributed by atoms with Gasteiger partial charge in [0.1, 0.15) is 5.82 Å². The number of thiol groups is 1. The van der Waals surface area contributed by atoms with Crippen LogP contribution in [0.3, 0.4) is 0 Å². The lowest BCUT2D eigenvalue weighted by Crippen LogP contribution is -2.52. The summed E-state index contributed by atoms with van der Waals surface area (Å²) < 4.78 is 13.9. The number of Topliss-reactive ketones (excluding diaryl/α,β-unsaturated/α-hetero) is 1. The molecule has 0 aromatic heterocycles. The van der Waals surface area contributed by atoms with Crippen molar-refractivity contribution in [2.24, 2.45) is 5.92 Å². The van der Waals surface area contributed by atoms with Gasteiger partial charge in [-0.3, -0.25) is 9.69 Å². The number of ketones is 1. The van der Waals surface area contributed by atoms with Crippen molar-refractivity contribution in [3.05, 3.63) is 35.6 Å². The predicted molar refractivity (Wildman–Crippen MR) is 78.5 cm³/mol. The van der Waals surface area contributed by atoms with Crippen LogP contribution in [-0.4, -0.2) is 29.0 Å². The van der Waals surface area contributed by atoms with E-state index in [1.54, 1.807) is 18.2 Å². The number of benzene rings is 1. The highest BCUT2D eigenvalue weighted by Gasteiger charge is 2.42. The molecular weight excluding hydrogens is 285 g/mol. The zero-order valence-corrected chi connectivity index (χ0v) is 12.2. The largest absolute Gasteiger partial charge is 0.297 e. The van der Waals surface area contributed by atoms with Crippen LogP contribution in [0.5, 0.6) is 0 Å². The molecule has 1 unspecified atom stereocenters. The van der Waals surface area contributed by atoms with Crippen molar-refractivity contribution >= 4 is 30.8 Å². The summed E-state index contributed by atoms with van der Waals surface area (Å²) in [6.45, 7) is 1.53. The summed E-state index contributed by atoms with van der Waals surface area (Å²) >= 11 is 4.37. The minimum Gasteiger partial charge on any atom is -0.297 e. The van der Waals surface area contributed by atoms with Gasteiger partial charge in [0.2, 0.25) is 0 Å². The van der Waals surface area contributed by atoms with Crippen molar-refractivity contribution in [1.29, 1.82) is 0 Å². The minimum absolute atomic E-state index is 0. The second-order valence-corrected chi connectivity index (χ2v) is 5.94. The van der Waals surface area contributed by atoms with Crippen LogP contribution in [0.4, 0.5) is 4.39 Å². The van der Waals surface area contributed by atoms with E-state index in [1.807, 2.05) is 4.90 Å². The van der Waals surface area contributed by atoms with Gasteiger partial charge in [0.15, 0.2) is 5.78 Å². The SMILES string of the molecule is Cl.O=C(C1CC1)C(c1ccccc1F)N1CC(S)C1. The third-order valence-corrected chi connectivity index (χ3v) is 4.03. The van der Waals surface area contributed by atoms with E-state index >= 15 is 0 Å². The quantitative estimate of drug-likeness (QED) is 0.863. The van der Waals surface area contributed by atoms with Gasteiger partial charge in [0.25, 0.3) is 0 Å². The summed E-state index contributed by atoms with van der Waals surface area (Å²) in [5, 5.41) is 0.311. The molecule has 0 spiro atoms. The lowest BCUT2D eigenvalue weighted by atomic mass is 9.95. The van der Waals surface area contributed by atoms with E-state index in [2.05, 4.69) is 12.6 Å². The van der Waals surface area contributed by atoms with Gasteiger partial charge in [-0.05, 0) is 18.9 Å². The third-order valence-electron chi connectivity index (χ3n) is 3.70. The van der Waals surface area contributed by atoms with E-state index in [1.165, 1.54) is 6.07 Å². The molecule has 1 aromatic carbocycles. The number of hydrogen-bond acceptors (Lipinski definition) is 3. The Morgan fingerprint density at radius 3 is 2.47 bits per heavy atom. The van der Waals surface area contributed by atoms with Crippen molar-refractivity contribution in [2.75, 3.05) is 13.1 Å². The van der Waals surface area contributed by atoms with Gasteiger partial charge in [-0.2, -0.15) is 12.6 Å². The number of nitrogens with zero attached hydrogens (tertiary/aromatic N) is 1. The molecule has 1 saturated heterocycles. The molecular formula is C14H17ClFNOS. The lowest BCUT2D eigenvalue weighted by Gasteiger charge is -2.42. The molecule has 1 aliphatic heterocycles. The first kappa shape index (κ1) is 14.8. The molecule has 1 saturated carbocycles. The molecule has 0 bridgehead atoms. The molecule has 5 heteroatoms. The second kappa shape index (κ2) is 5.81. The molecule has 1 aliphatic carbocycles. The van der Waals surface area contributed by atoms with Crippen LogP contribution in [-0.2, 0) is 4.79 Å². The highest BCUT2D eigenvalue weighted by molar-refractivity contribution is 7.81. The van der Waals surface area contributed by atoms with E-state index in [4.69, 9.17) is 0 Å². The van der Waals surface area contributed by atoms with Gasteiger partial charge >= 0.3 is 0 Å². The Kier molecular flexibility index (Phi) is 4.54. The van der Waals surface area contributed by atoms with Crippen LogP contribution in [0.2, 0.25) is 0 Å². The Morgan fingerprint density at radius 1 is 1.32 bits per heavy atom. The van der Waals surface area contributed by atoms with Crippen molar-refractivity contribution in [3.8, 4) is 0 Å². The van der Waals surface area contributed by atoms with Crippen LogP contribution < -0.4 is 0 Å². The van der Waals surface area contributed by atoms with Crippen LogP contribution >= 0.6 is 25.0 Å². The van der Waals surface area contributed by atoms with Crippen molar-refractivity contribution in [2.45, 2.75) is 24.1 Å². The molecule has 1 atom stereocenters. The van der Waals surface area contributed by atoms with Crippen LogP contribution in [0.15, 0.2) is 24.3 Å². The van der Waals surface area contributed by atoms with E-state index < -0.39 is 6.04 Å². The topological polar surface area (TPSA) is 20.3 Å². The van der Waals surface area contributed by atoms with E-state index in [-0.39, 0.29) is 29.9 Å². The maximum absolute atomic E-state index is 13.9. The molecule has 0 N–H and O–H groups in total. The van der Waals surface area contributed by atoms with Gasteiger partial charge in [0, 0.05) is 29.8 Å². The Morgan fingerprint density at radius 2 is 1.95 bits per heavy atom. The molecule has 2 aliphatic rings. The summed E-state index contributed by atoms with van der Waals surface area (Å²) in [5.74, 6) is 0.0491. The number of hydrogen-bond donors (Lipinski definition) is 1. The maximum Gasteiger partial charge on any atom is 0.157 e. The highest BCUT2D eigenvalue weighted by atomic mass is 35.5. The fourth-order valence-corrected chi connectivity index (χ4v) is 2.94. The molecule has 104 valence electrons. The second-order valence-electron chi connectivity index (χ2n) is 5.21. The van der Waals surface area contributed by atoms with Crippen LogP contribution in [0, 0.1) is 11.7 Å². The van der Waals surface area contributed by atoms with Gasteiger partial charge in [-0.25, -0.2) is 4.39 Å². The van der Waals surface area contributed by atoms with Crippen LogP contribution in [0.25, 0.3) is 0 Å². The number of rotatable bonds is 4. The fraction of sp³-hybridized carbons (Fsp3) is 0.500. The average molecular weight is 302 g/mol. The molecule has 0 amide bonds. The molecule has 0 radical (unpaired) electrons. The first-order valence-electron chi connectivity index (χ1n) is 6.37. The first-order chi connectivity index (χ1) is 8.66. The molecule has 2 fully saturated rings. The smallest absolute Gasteiger partial charge is 0.157 e. The number of likely N-dealkylation sites (tertiary alicyclic amines) is 1. The first-order valence-corrected chi connectivity index (χ1v) is 6.88. The van der Waals surface area contributed by atoms with Crippen molar-refractivity contribution < 1.29 is 9.18 Å². The molecule has 19 heavy (non-hydrogen) atoms. The summed E-state index contributed by atoms with van der Waals surface area (Å²) in [7, 11) is 0. The summed E-state index contributed by atoms with van der Waals surface area (Å²) in [5.41, 5.74) is 0.523. The summed E-state index contributed by atoms with van der Waals surface area (Å²) in [6.07, 6.45) is 1.92. The van der Waals surface area contributed by atoms with E-state index in [0.29, 0.717) is 10.8 Å². The molecule has 1 aromatic rings. The van der Waals surface area contributed by atoms with Crippen molar-refractivity contribution in [3.63, 3.8) is 0 Å². The average Bonchev–Trinajstić information content (AvgIpc) is 3.13. The number of carbonyl (C=O) groups is 1. The zero-order valence-electron chi connectivity index (χ0n) is 10.5. The predicted octanol–water partition coefficient (Wildman–Crippen LogP) is 2.88. The highest BCUT2D eigenvalue weighted by Crippen LogP contribution is 2.39. The molecule has 2 nitrogen and oxygen atoms in total. The van der Waals surface area contributed by atoms with E-state index in [0.717, 1.165) is 25.9 Å². The maximum atomic E-state index is 13.9. The molecule has 3 rings (SSSR count). The van der Waals surface area contributed by atoms with Gasteiger partial charge in [-0.1, -0.05) is 18.2 Å². The Balaban J connectivity index is 0.00000133. The summed E-state index contributed by atoms with van der Waals surface area (Å²) in [4.78, 5) is 14.4. The van der Waals surface area contributed by atoms with Gasteiger partial charge in [-0.15, -0.1) is 12.4 Å². The Labute approximate surface area is 124 Å². The normalized spacial score (nSPS) is 21.4.